The lowest BCUT2D eigenvalue weighted by Gasteiger charge is -2.18. The molecule has 0 unspecified atom stereocenters. The molecular weight excluding hydrogens is 338 g/mol. The first-order chi connectivity index (χ1) is 12.5. The molecule has 26 heavy (non-hydrogen) atoms. The maximum Gasteiger partial charge on any atom is 0.252 e. The molecule has 1 aromatic carbocycles. The van der Waals surface area contributed by atoms with Crippen LogP contribution in [0.5, 0.6) is 11.6 Å². The van der Waals surface area contributed by atoms with Crippen molar-refractivity contribution in [2.24, 2.45) is 11.7 Å². The number of methoxy groups -OCH3 is 2. The van der Waals surface area contributed by atoms with Gasteiger partial charge in [-0.1, -0.05) is 6.92 Å². The molecular formula is C18H21N3O5. The molecule has 1 fully saturated rings. The summed E-state index contributed by atoms with van der Waals surface area (Å²) in [5, 5.41) is 4.31. The van der Waals surface area contributed by atoms with Gasteiger partial charge >= 0.3 is 0 Å². The van der Waals surface area contributed by atoms with Gasteiger partial charge in [0.2, 0.25) is 11.8 Å². The van der Waals surface area contributed by atoms with Crippen LogP contribution in [0.15, 0.2) is 24.4 Å². The SMILES string of the molecule is COc1cc2c(OC[C@H]3NC(=O)[C@H](OC)[C@H]3C)nccc2cc1C(N)=O. The number of rotatable bonds is 6. The van der Waals surface area contributed by atoms with Crippen LogP contribution in [-0.4, -0.2) is 49.8 Å². The molecule has 2 amide bonds. The number of carbonyl (C=O) groups is 2. The second-order valence-corrected chi connectivity index (χ2v) is 6.20. The van der Waals surface area contributed by atoms with E-state index in [9.17, 15) is 9.59 Å². The average Bonchev–Trinajstić information content (AvgIpc) is 2.91. The fraction of sp³-hybridized carbons (Fsp3) is 0.389. The van der Waals surface area contributed by atoms with Crippen LogP contribution in [0.25, 0.3) is 10.8 Å². The van der Waals surface area contributed by atoms with E-state index in [2.05, 4.69) is 10.3 Å². The minimum absolute atomic E-state index is 0.0292. The third-order valence-corrected chi connectivity index (χ3v) is 4.67. The summed E-state index contributed by atoms with van der Waals surface area (Å²) in [6.45, 7) is 2.18. The Bertz CT molecular complexity index is 854. The number of nitrogens with one attached hydrogen (secondary N) is 1. The maximum atomic E-state index is 11.9. The van der Waals surface area contributed by atoms with E-state index in [1.807, 2.05) is 6.92 Å². The van der Waals surface area contributed by atoms with Crippen molar-refractivity contribution in [3.05, 3.63) is 30.0 Å². The van der Waals surface area contributed by atoms with Crippen molar-refractivity contribution in [2.45, 2.75) is 19.1 Å². The van der Waals surface area contributed by atoms with Gasteiger partial charge in [-0.15, -0.1) is 0 Å². The van der Waals surface area contributed by atoms with E-state index in [0.717, 1.165) is 5.39 Å². The molecule has 2 heterocycles. The van der Waals surface area contributed by atoms with E-state index in [-0.39, 0.29) is 30.0 Å². The molecule has 1 aliphatic rings. The van der Waals surface area contributed by atoms with Crippen molar-refractivity contribution in [1.82, 2.24) is 10.3 Å². The predicted octanol–water partition coefficient (Wildman–Crippen LogP) is 0.871. The number of primary amides is 1. The van der Waals surface area contributed by atoms with Gasteiger partial charge in [0, 0.05) is 24.6 Å². The molecule has 2 aromatic rings. The highest BCUT2D eigenvalue weighted by atomic mass is 16.5. The van der Waals surface area contributed by atoms with Gasteiger partial charge in [0.15, 0.2) is 0 Å². The van der Waals surface area contributed by atoms with Crippen molar-refractivity contribution in [1.29, 1.82) is 0 Å². The summed E-state index contributed by atoms with van der Waals surface area (Å²) in [6.07, 6.45) is 1.10. The number of carbonyl (C=O) groups excluding carboxylic acids is 2. The Labute approximate surface area is 150 Å². The first kappa shape index (κ1) is 17.9. The molecule has 1 aromatic heterocycles. The number of hydrogen-bond donors (Lipinski definition) is 2. The summed E-state index contributed by atoms with van der Waals surface area (Å²) in [7, 11) is 2.98. The molecule has 8 heteroatoms. The smallest absolute Gasteiger partial charge is 0.252 e. The molecule has 8 nitrogen and oxygen atoms in total. The molecule has 138 valence electrons. The van der Waals surface area contributed by atoms with Gasteiger partial charge in [-0.05, 0) is 23.6 Å². The van der Waals surface area contributed by atoms with Crippen LogP contribution in [0, 0.1) is 5.92 Å². The fourth-order valence-electron chi connectivity index (χ4n) is 3.18. The zero-order chi connectivity index (χ0) is 18.8. The number of fused-ring (bicyclic) bond motifs is 1. The lowest BCUT2D eigenvalue weighted by atomic mass is 10.0. The highest BCUT2D eigenvalue weighted by Gasteiger charge is 2.39. The molecule has 0 saturated carbocycles. The Hall–Kier alpha value is -2.87. The van der Waals surface area contributed by atoms with Crippen LogP contribution >= 0.6 is 0 Å². The fourth-order valence-corrected chi connectivity index (χ4v) is 3.18. The van der Waals surface area contributed by atoms with Gasteiger partial charge in [0.05, 0.1) is 18.7 Å². The third-order valence-electron chi connectivity index (χ3n) is 4.67. The van der Waals surface area contributed by atoms with Crippen molar-refractivity contribution in [2.75, 3.05) is 20.8 Å². The van der Waals surface area contributed by atoms with Crippen LogP contribution in [0.4, 0.5) is 0 Å². The number of ether oxygens (including phenoxy) is 3. The molecule has 0 radical (unpaired) electrons. The lowest BCUT2D eigenvalue weighted by molar-refractivity contribution is -0.128. The minimum Gasteiger partial charge on any atom is -0.496 e. The highest BCUT2D eigenvalue weighted by Crippen LogP contribution is 2.31. The zero-order valence-corrected chi connectivity index (χ0v) is 14.8. The normalized spacial score (nSPS) is 22.3. The molecule has 1 aliphatic heterocycles. The monoisotopic (exact) mass is 359 g/mol. The van der Waals surface area contributed by atoms with Crippen LogP contribution in [0.1, 0.15) is 17.3 Å². The van der Waals surface area contributed by atoms with E-state index in [0.29, 0.717) is 17.0 Å². The topological polar surface area (TPSA) is 113 Å². The second-order valence-electron chi connectivity index (χ2n) is 6.20. The van der Waals surface area contributed by atoms with E-state index in [4.69, 9.17) is 19.9 Å². The molecule has 3 atom stereocenters. The summed E-state index contributed by atoms with van der Waals surface area (Å²) in [6, 6.07) is 4.89. The van der Waals surface area contributed by atoms with E-state index < -0.39 is 12.0 Å². The number of pyridine rings is 1. The Balaban J connectivity index is 1.87. The number of aromatic nitrogens is 1. The standard InChI is InChI=1S/C18H21N3O5/c1-9-13(21-17(23)15(9)25-3)8-26-18-11-7-14(24-2)12(16(19)22)6-10(11)4-5-20-18/h4-7,9,13,15H,8H2,1-3H3,(H2,19,22)(H,21,23)/t9-,13+,15+/m0/s1. The first-order valence-electron chi connectivity index (χ1n) is 8.18. The molecule has 0 bridgehead atoms. The van der Waals surface area contributed by atoms with Crippen LogP contribution in [0.3, 0.4) is 0 Å². The van der Waals surface area contributed by atoms with E-state index in [1.165, 1.54) is 14.2 Å². The largest absolute Gasteiger partial charge is 0.496 e. The predicted molar refractivity (Wildman–Crippen MR) is 94.2 cm³/mol. The third kappa shape index (κ3) is 3.15. The second kappa shape index (κ2) is 7.17. The van der Waals surface area contributed by atoms with E-state index in [1.54, 1.807) is 24.4 Å². The van der Waals surface area contributed by atoms with Crippen molar-refractivity contribution in [3.63, 3.8) is 0 Å². The number of benzene rings is 1. The van der Waals surface area contributed by atoms with Gasteiger partial charge in [-0.25, -0.2) is 4.98 Å². The van der Waals surface area contributed by atoms with Crippen LogP contribution in [-0.2, 0) is 9.53 Å². The lowest BCUT2D eigenvalue weighted by Crippen LogP contribution is -2.34. The number of nitrogens with zero attached hydrogens (tertiary/aromatic N) is 1. The summed E-state index contributed by atoms with van der Waals surface area (Å²) < 4.78 is 16.3. The van der Waals surface area contributed by atoms with Gasteiger partial charge in [-0.3, -0.25) is 9.59 Å². The average molecular weight is 359 g/mol. The first-order valence-corrected chi connectivity index (χ1v) is 8.18. The van der Waals surface area contributed by atoms with Gasteiger partial charge in [-0.2, -0.15) is 0 Å². The summed E-state index contributed by atoms with van der Waals surface area (Å²) in [5.41, 5.74) is 5.69. The van der Waals surface area contributed by atoms with Gasteiger partial charge in [0.25, 0.3) is 5.91 Å². The quantitative estimate of drug-likeness (QED) is 0.791. The summed E-state index contributed by atoms with van der Waals surface area (Å²) >= 11 is 0. The van der Waals surface area contributed by atoms with Crippen LogP contribution in [0.2, 0.25) is 0 Å². The Morgan fingerprint density at radius 3 is 2.73 bits per heavy atom. The summed E-state index contributed by atoms with van der Waals surface area (Å²) in [4.78, 5) is 27.7. The number of amides is 2. The number of hydrogen-bond acceptors (Lipinski definition) is 6. The maximum absolute atomic E-state index is 11.9. The Morgan fingerprint density at radius 1 is 1.35 bits per heavy atom. The zero-order valence-electron chi connectivity index (χ0n) is 14.8. The van der Waals surface area contributed by atoms with Crippen molar-refractivity contribution in [3.8, 4) is 11.6 Å². The molecule has 0 aliphatic carbocycles. The molecule has 0 spiro atoms. The van der Waals surface area contributed by atoms with Crippen molar-refractivity contribution >= 4 is 22.6 Å². The Morgan fingerprint density at radius 2 is 2.12 bits per heavy atom. The molecule has 3 N–H and O–H groups in total. The van der Waals surface area contributed by atoms with Crippen LogP contribution < -0.4 is 20.5 Å². The summed E-state index contributed by atoms with van der Waals surface area (Å²) in [5.74, 6) is -0.00849. The van der Waals surface area contributed by atoms with E-state index >= 15 is 0 Å². The van der Waals surface area contributed by atoms with Gasteiger partial charge in [0.1, 0.15) is 18.5 Å². The minimum atomic E-state index is -0.573. The Kier molecular flexibility index (Phi) is 4.94. The van der Waals surface area contributed by atoms with Crippen molar-refractivity contribution < 1.29 is 23.8 Å². The highest BCUT2D eigenvalue weighted by molar-refractivity contribution is 6.01. The number of nitrogens with two attached hydrogens (primary N) is 1. The van der Waals surface area contributed by atoms with Gasteiger partial charge < -0.3 is 25.3 Å². The molecule has 3 rings (SSSR count). The molecule has 1 saturated heterocycles.